The summed E-state index contributed by atoms with van der Waals surface area (Å²) in [6, 6.07) is 14.1. The summed E-state index contributed by atoms with van der Waals surface area (Å²) in [5, 5.41) is 2.94. The maximum Gasteiger partial charge on any atom is 0.250 e. The summed E-state index contributed by atoms with van der Waals surface area (Å²) in [6.45, 7) is 8.86. The van der Waals surface area contributed by atoms with Crippen molar-refractivity contribution in [2.24, 2.45) is 0 Å². The molecule has 1 amide bonds. The van der Waals surface area contributed by atoms with Gasteiger partial charge in [-0.3, -0.25) is 4.79 Å². The van der Waals surface area contributed by atoms with Crippen LogP contribution in [0, 0.1) is 13.8 Å². The molecule has 2 rings (SSSR count). The fraction of sp³-hybridized carbons (Fsp3) is 0.350. The first-order valence-corrected chi connectivity index (χ1v) is 8.00. The molecule has 0 heterocycles. The van der Waals surface area contributed by atoms with Crippen molar-refractivity contribution in [1.29, 1.82) is 0 Å². The van der Waals surface area contributed by atoms with Gasteiger partial charge in [0.05, 0.1) is 6.61 Å². The Hall–Kier alpha value is -2.13. The molecule has 0 saturated carbocycles. The van der Waals surface area contributed by atoms with Gasteiger partial charge < -0.3 is 10.1 Å². The SMILES string of the molecule is Cc1ccc(COCC(=O)Nc2ccccc2C(C)C)c(C)c1. The number of hydrogen-bond acceptors (Lipinski definition) is 2. The average Bonchev–Trinajstić information content (AvgIpc) is 2.50. The first-order valence-electron chi connectivity index (χ1n) is 8.00. The van der Waals surface area contributed by atoms with Gasteiger partial charge in [0.2, 0.25) is 5.91 Å². The summed E-state index contributed by atoms with van der Waals surface area (Å²) in [5.41, 5.74) is 5.54. The van der Waals surface area contributed by atoms with E-state index in [-0.39, 0.29) is 12.5 Å². The molecule has 0 aliphatic heterocycles. The molecule has 0 saturated heterocycles. The number of anilines is 1. The summed E-state index contributed by atoms with van der Waals surface area (Å²) in [7, 11) is 0. The molecule has 2 aromatic carbocycles. The van der Waals surface area contributed by atoms with Gasteiger partial charge in [0.25, 0.3) is 0 Å². The van der Waals surface area contributed by atoms with E-state index < -0.39 is 0 Å². The number of ether oxygens (including phenoxy) is 1. The zero-order chi connectivity index (χ0) is 16.8. The average molecular weight is 311 g/mol. The number of nitrogens with one attached hydrogen (secondary N) is 1. The highest BCUT2D eigenvalue weighted by molar-refractivity contribution is 5.92. The van der Waals surface area contributed by atoms with Crippen molar-refractivity contribution in [2.45, 2.75) is 40.2 Å². The maximum absolute atomic E-state index is 12.1. The van der Waals surface area contributed by atoms with Gasteiger partial charge in [-0.15, -0.1) is 0 Å². The smallest absolute Gasteiger partial charge is 0.250 e. The standard InChI is InChI=1S/C20H25NO2/c1-14(2)18-7-5-6-8-19(18)21-20(22)13-23-12-17-10-9-15(3)11-16(17)4/h5-11,14H,12-13H2,1-4H3,(H,21,22). The Balaban J connectivity index is 1.88. The highest BCUT2D eigenvalue weighted by Crippen LogP contribution is 2.23. The van der Waals surface area contributed by atoms with E-state index in [1.165, 1.54) is 11.1 Å². The lowest BCUT2D eigenvalue weighted by atomic mass is 10.0. The zero-order valence-corrected chi connectivity index (χ0v) is 14.3. The topological polar surface area (TPSA) is 38.3 Å². The number of para-hydroxylation sites is 1. The van der Waals surface area contributed by atoms with Crippen molar-refractivity contribution in [3.63, 3.8) is 0 Å². The molecule has 0 aliphatic rings. The van der Waals surface area contributed by atoms with Crippen LogP contribution < -0.4 is 5.32 Å². The van der Waals surface area contributed by atoms with Gasteiger partial charge in [0.1, 0.15) is 6.61 Å². The molecule has 0 fully saturated rings. The third-order valence-electron chi connectivity index (χ3n) is 3.85. The summed E-state index contributed by atoms with van der Waals surface area (Å²) >= 11 is 0. The largest absolute Gasteiger partial charge is 0.367 e. The van der Waals surface area contributed by atoms with E-state index in [2.05, 4.69) is 51.2 Å². The van der Waals surface area contributed by atoms with E-state index >= 15 is 0 Å². The second kappa shape index (κ2) is 7.93. The minimum Gasteiger partial charge on any atom is -0.367 e. The lowest BCUT2D eigenvalue weighted by molar-refractivity contribution is -0.121. The Morgan fingerprint density at radius 3 is 2.57 bits per heavy atom. The molecule has 0 radical (unpaired) electrons. The highest BCUT2D eigenvalue weighted by atomic mass is 16.5. The summed E-state index contributed by atoms with van der Waals surface area (Å²) < 4.78 is 5.56. The second-order valence-electron chi connectivity index (χ2n) is 6.21. The Bertz CT molecular complexity index is 677. The molecular formula is C20H25NO2. The highest BCUT2D eigenvalue weighted by Gasteiger charge is 2.09. The Kier molecular flexibility index (Phi) is 5.94. The van der Waals surface area contributed by atoms with Crippen molar-refractivity contribution >= 4 is 11.6 Å². The molecule has 122 valence electrons. The number of rotatable bonds is 6. The lowest BCUT2D eigenvalue weighted by Crippen LogP contribution is -2.19. The van der Waals surface area contributed by atoms with Crippen LogP contribution in [0.25, 0.3) is 0 Å². The molecule has 3 nitrogen and oxygen atoms in total. The van der Waals surface area contributed by atoms with Gasteiger partial charge in [-0.1, -0.05) is 55.8 Å². The molecule has 0 aliphatic carbocycles. The van der Waals surface area contributed by atoms with Crippen LogP contribution in [0.4, 0.5) is 5.69 Å². The maximum atomic E-state index is 12.1. The summed E-state index contributed by atoms with van der Waals surface area (Å²) in [4.78, 5) is 12.1. The van der Waals surface area contributed by atoms with E-state index in [0.29, 0.717) is 12.5 Å². The van der Waals surface area contributed by atoms with E-state index in [1.807, 2.05) is 24.3 Å². The first-order chi connectivity index (χ1) is 11.0. The van der Waals surface area contributed by atoms with Gasteiger partial charge in [-0.05, 0) is 42.5 Å². The zero-order valence-electron chi connectivity index (χ0n) is 14.3. The van der Waals surface area contributed by atoms with Crippen molar-refractivity contribution in [3.05, 3.63) is 64.7 Å². The molecular weight excluding hydrogens is 286 g/mol. The predicted octanol–water partition coefficient (Wildman–Crippen LogP) is 4.58. The molecule has 0 aromatic heterocycles. The van der Waals surface area contributed by atoms with Crippen LogP contribution in [0.3, 0.4) is 0 Å². The number of amides is 1. The van der Waals surface area contributed by atoms with Gasteiger partial charge in [-0.25, -0.2) is 0 Å². The van der Waals surface area contributed by atoms with Crippen LogP contribution >= 0.6 is 0 Å². The number of carbonyl (C=O) groups excluding carboxylic acids is 1. The van der Waals surface area contributed by atoms with Crippen LogP contribution in [-0.2, 0) is 16.1 Å². The minimum absolute atomic E-state index is 0.0553. The number of carbonyl (C=O) groups is 1. The van der Waals surface area contributed by atoms with Gasteiger partial charge in [0.15, 0.2) is 0 Å². The van der Waals surface area contributed by atoms with Crippen LogP contribution in [0.1, 0.15) is 42.0 Å². The molecule has 0 atom stereocenters. The van der Waals surface area contributed by atoms with Crippen molar-refractivity contribution in [2.75, 3.05) is 11.9 Å². The van der Waals surface area contributed by atoms with Gasteiger partial charge >= 0.3 is 0 Å². The molecule has 1 N–H and O–H groups in total. The lowest BCUT2D eigenvalue weighted by Gasteiger charge is -2.14. The van der Waals surface area contributed by atoms with E-state index in [0.717, 1.165) is 16.8 Å². The van der Waals surface area contributed by atoms with E-state index in [9.17, 15) is 4.79 Å². The van der Waals surface area contributed by atoms with Gasteiger partial charge in [-0.2, -0.15) is 0 Å². The van der Waals surface area contributed by atoms with Crippen molar-refractivity contribution in [1.82, 2.24) is 0 Å². The summed E-state index contributed by atoms with van der Waals surface area (Å²) in [6.07, 6.45) is 0. The van der Waals surface area contributed by atoms with Crippen molar-refractivity contribution < 1.29 is 9.53 Å². The second-order valence-corrected chi connectivity index (χ2v) is 6.21. The molecule has 23 heavy (non-hydrogen) atoms. The quantitative estimate of drug-likeness (QED) is 0.848. The van der Waals surface area contributed by atoms with E-state index in [1.54, 1.807) is 0 Å². The molecule has 3 heteroatoms. The number of aryl methyl sites for hydroxylation is 2. The Morgan fingerprint density at radius 2 is 1.87 bits per heavy atom. The minimum atomic E-state index is -0.122. The van der Waals surface area contributed by atoms with Crippen LogP contribution in [0.15, 0.2) is 42.5 Å². The fourth-order valence-corrected chi connectivity index (χ4v) is 2.56. The van der Waals surface area contributed by atoms with Crippen LogP contribution in [0.5, 0.6) is 0 Å². The third-order valence-corrected chi connectivity index (χ3v) is 3.85. The van der Waals surface area contributed by atoms with Crippen LogP contribution in [-0.4, -0.2) is 12.5 Å². The monoisotopic (exact) mass is 311 g/mol. The summed E-state index contributed by atoms with van der Waals surface area (Å²) in [5.74, 6) is 0.241. The molecule has 2 aromatic rings. The van der Waals surface area contributed by atoms with E-state index in [4.69, 9.17) is 4.74 Å². The first kappa shape index (κ1) is 17.2. The number of hydrogen-bond donors (Lipinski definition) is 1. The molecule has 0 unspecified atom stereocenters. The van der Waals surface area contributed by atoms with Crippen LogP contribution in [0.2, 0.25) is 0 Å². The fourth-order valence-electron chi connectivity index (χ4n) is 2.56. The normalized spacial score (nSPS) is 10.8. The molecule has 0 spiro atoms. The predicted molar refractivity (Wildman–Crippen MR) is 94.7 cm³/mol. The number of benzene rings is 2. The van der Waals surface area contributed by atoms with Crippen molar-refractivity contribution in [3.8, 4) is 0 Å². The van der Waals surface area contributed by atoms with Gasteiger partial charge in [0, 0.05) is 5.69 Å². The Morgan fingerprint density at radius 1 is 1.13 bits per heavy atom. The third kappa shape index (κ3) is 4.93. The Labute approximate surface area is 138 Å². The molecule has 0 bridgehead atoms.